The molecule has 90 valence electrons. The summed E-state index contributed by atoms with van der Waals surface area (Å²) in [7, 11) is -3.09. The molecule has 2 N–H and O–H groups in total. The lowest BCUT2D eigenvalue weighted by Gasteiger charge is -2.36. The molecule has 0 aliphatic carbocycles. The fraction of sp³-hybridized carbons (Fsp3) is 1.00. The molecule has 5 heteroatoms. The van der Waals surface area contributed by atoms with Gasteiger partial charge in [0, 0.05) is 13.1 Å². The fourth-order valence-electron chi connectivity index (χ4n) is 1.95. The zero-order valence-electron chi connectivity index (χ0n) is 9.81. The maximum absolute atomic E-state index is 11.9. The summed E-state index contributed by atoms with van der Waals surface area (Å²) >= 11 is 0. The first-order chi connectivity index (χ1) is 6.89. The van der Waals surface area contributed by atoms with Crippen LogP contribution in [0.25, 0.3) is 0 Å². The third kappa shape index (κ3) is 2.71. The number of rotatable bonds is 3. The zero-order valence-corrected chi connectivity index (χ0v) is 10.6. The van der Waals surface area contributed by atoms with E-state index in [9.17, 15) is 8.42 Å². The SMILES string of the molecule is CC1CCN(S(=O)(=O)C(C)C)CC1CN. The van der Waals surface area contributed by atoms with Crippen molar-refractivity contribution in [1.29, 1.82) is 0 Å². The van der Waals surface area contributed by atoms with E-state index in [1.165, 1.54) is 0 Å². The van der Waals surface area contributed by atoms with Gasteiger partial charge in [0.05, 0.1) is 5.25 Å². The zero-order chi connectivity index (χ0) is 11.6. The lowest BCUT2D eigenvalue weighted by molar-refractivity contribution is 0.202. The van der Waals surface area contributed by atoms with E-state index >= 15 is 0 Å². The average molecular weight is 234 g/mol. The maximum Gasteiger partial charge on any atom is 0.216 e. The summed E-state index contributed by atoms with van der Waals surface area (Å²) in [5, 5.41) is -0.329. The van der Waals surface area contributed by atoms with Crippen LogP contribution in [0.1, 0.15) is 27.2 Å². The van der Waals surface area contributed by atoms with Crippen LogP contribution < -0.4 is 5.73 Å². The first-order valence-corrected chi connectivity index (χ1v) is 7.09. The van der Waals surface area contributed by atoms with Crippen LogP contribution >= 0.6 is 0 Å². The van der Waals surface area contributed by atoms with E-state index in [4.69, 9.17) is 5.73 Å². The van der Waals surface area contributed by atoms with Gasteiger partial charge in [-0.2, -0.15) is 0 Å². The quantitative estimate of drug-likeness (QED) is 0.779. The molecule has 0 bridgehead atoms. The third-order valence-electron chi connectivity index (χ3n) is 3.34. The number of hydrogen-bond donors (Lipinski definition) is 1. The van der Waals surface area contributed by atoms with E-state index in [0.717, 1.165) is 6.42 Å². The molecule has 1 rings (SSSR count). The monoisotopic (exact) mass is 234 g/mol. The normalized spacial score (nSPS) is 29.7. The molecule has 1 saturated heterocycles. The van der Waals surface area contributed by atoms with Gasteiger partial charge in [0.25, 0.3) is 0 Å². The molecule has 2 atom stereocenters. The Labute approximate surface area is 92.9 Å². The van der Waals surface area contributed by atoms with Gasteiger partial charge in [0.1, 0.15) is 0 Å². The number of sulfonamides is 1. The summed E-state index contributed by atoms with van der Waals surface area (Å²) < 4.78 is 25.5. The van der Waals surface area contributed by atoms with E-state index < -0.39 is 10.0 Å². The molecule has 15 heavy (non-hydrogen) atoms. The Balaban J connectivity index is 2.75. The second-order valence-corrected chi connectivity index (χ2v) is 7.20. The van der Waals surface area contributed by atoms with Crippen LogP contribution in [0.15, 0.2) is 0 Å². The average Bonchev–Trinajstić information content (AvgIpc) is 2.18. The summed E-state index contributed by atoms with van der Waals surface area (Å²) in [4.78, 5) is 0. The Morgan fingerprint density at radius 2 is 2.07 bits per heavy atom. The van der Waals surface area contributed by atoms with Crippen LogP contribution in [-0.2, 0) is 10.0 Å². The van der Waals surface area contributed by atoms with Crippen molar-refractivity contribution in [3.05, 3.63) is 0 Å². The smallest absolute Gasteiger partial charge is 0.216 e. The molecule has 0 aromatic carbocycles. The minimum Gasteiger partial charge on any atom is -0.330 e. The largest absolute Gasteiger partial charge is 0.330 e. The molecule has 2 unspecified atom stereocenters. The minimum atomic E-state index is -3.09. The Morgan fingerprint density at radius 3 is 2.53 bits per heavy atom. The van der Waals surface area contributed by atoms with Crippen LogP contribution in [0.5, 0.6) is 0 Å². The fourth-order valence-corrected chi connectivity index (χ4v) is 3.31. The summed E-state index contributed by atoms with van der Waals surface area (Å²) in [6, 6.07) is 0. The lowest BCUT2D eigenvalue weighted by atomic mass is 9.88. The van der Waals surface area contributed by atoms with Crippen molar-refractivity contribution in [1.82, 2.24) is 4.31 Å². The molecule has 0 spiro atoms. The number of hydrogen-bond acceptors (Lipinski definition) is 3. The number of piperidine rings is 1. The van der Waals surface area contributed by atoms with Crippen molar-refractivity contribution in [3.8, 4) is 0 Å². The van der Waals surface area contributed by atoms with Crippen molar-refractivity contribution >= 4 is 10.0 Å². The Kier molecular flexibility index (Phi) is 4.14. The third-order valence-corrected chi connectivity index (χ3v) is 5.58. The predicted molar refractivity (Wildman–Crippen MR) is 62.0 cm³/mol. The van der Waals surface area contributed by atoms with Crippen molar-refractivity contribution in [2.75, 3.05) is 19.6 Å². The highest BCUT2D eigenvalue weighted by molar-refractivity contribution is 7.89. The van der Waals surface area contributed by atoms with E-state index in [1.807, 2.05) is 0 Å². The standard InChI is InChI=1S/C10H22N2O2S/c1-8(2)15(13,14)12-5-4-9(3)10(6-11)7-12/h8-10H,4-7,11H2,1-3H3. The first-order valence-electron chi connectivity index (χ1n) is 5.58. The number of nitrogens with two attached hydrogens (primary N) is 1. The minimum absolute atomic E-state index is 0.312. The van der Waals surface area contributed by atoms with Gasteiger partial charge in [-0.1, -0.05) is 6.92 Å². The Hall–Kier alpha value is -0.130. The van der Waals surface area contributed by atoms with E-state index in [1.54, 1.807) is 18.2 Å². The molecule has 1 fully saturated rings. The van der Waals surface area contributed by atoms with Gasteiger partial charge in [-0.15, -0.1) is 0 Å². The van der Waals surface area contributed by atoms with Gasteiger partial charge in [-0.3, -0.25) is 0 Å². The maximum atomic E-state index is 11.9. The van der Waals surface area contributed by atoms with Crippen molar-refractivity contribution in [3.63, 3.8) is 0 Å². The van der Waals surface area contributed by atoms with Crippen LogP contribution in [-0.4, -0.2) is 37.6 Å². The molecule has 0 aromatic rings. The second-order valence-electron chi connectivity index (χ2n) is 4.71. The molecule has 1 aliphatic rings. The van der Waals surface area contributed by atoms with Crippen LogP contribution in [0.2, 0.25) is 0 Å². The molecular formula is C10H22N2O2S. The lowest BCUT2D eigenvalue weighted by Crippen LogP contribution is -2.47. The van der Waals surface area contributed by atoms with Crippen molar-refractivity contribution in [2.45, 2.75) is 32.4 Å². The molecule has 0 saturated carbocycles. The van der Waals surface area contributed by atoms with Gasteiger partial charge in [-0.25, -0.2) is 12.7 Å². The van der Waals surface area contributed by atoms with E-state index in [-0.39, 0.29) is 5.25 Å². The molecular weight excluding hydrogens is 212 g/mol. The topological polar surface area (TPSA) is 63.4 Å². The molecule has 0 amide bonds. The predicted octanol–water partition coefficient (Wildman–Crippen LogP) is 0.641. The van der Waals surface area contributed by atoms with Gasteiger partial charge in [0.15, 0.2) is 0 Å². The van der Waals surface area contributed by atoms with Crippen molar-refractivity contribution < 1.29 is 8.42 Å². The molecule has 0 aromatic heterocycles. The van der Waals surface area contributed by atoms with Gasteiger partial charge >= 0.3 is 0 Å². The molecule has 4 nitrogen and oxygen atoms in total. The Bertz CT molecular complexity index is 301. The summed E-state index contributed by atoms with van der Waals surface area (Å²) in [6.07, 6.45) is 0.924. The van der Waals surface area contributed by atoms with Crippen molar-refractivity contribution in [2.24, 2.45) is 17.6 Å². The number of nitrogens with zero attached hydrogens (tertiary/aromatic N) is 1. The van der Waals surface area contributed by atoms with Crippen LogP contribution in [0.4, 0.5) is 0 Å². The molecule has 1 aliphatic heterocycles. The molecule has 0 radical (unpaired) electrons. The molecule has 1 heterocycles. The highest BCUT2D eigenvalue weighted by Crippen LogP contribution is 2.25. The highest BCUT2D eigenvalue weighted by Gasteiger charge is 2.33. The Morgan fingerprint density at radius 1 is 1.47 bits per heavy atom. The van der Waals surface area contributed by atoms with Crippen LogP contribution in [0.3, 0.4) is 0 Å². The summed E-state index contributed by atoms with van der Waals surface area (Å²) in [5.41, 5.74) is 5.65. The van der Waals surface area contributed by atoms with Gasteiger partial charge in [0.2, 0.25) is 10.0 Å². The first kappa shape index (κ1) is 12.9. The van der Waals surface area contributed by atoms with Gasteiger partial charge < -0.3 is 5.73 Å². The highest BCUT2D eigenvalue weighted by atomic mass is 32.2. The van der Waals surface area contributed by atoms with E-state index in [0.29, 0.717) is 31.5 Å². The van der Waals surface area contributed by atoms with Crippen LogP contribution in [0, 0.1) is 11.8 Å². The summed E-state index contributed by atoms with van der Waals surface area (Å²) in [5.74, 6) is 0.848. The van der Waals surface area contributed by atoms with E-state index in [2.05, 4.69) is 6.92 Å². The summed E-state index contributed by atoms with van der Waals surface area (Å²) in [6.45, 7) is 7.42. The second kappa shape index (κ2) is 4.80. The van der Waals surface area contributed by atoms with Gasteiger partial charge in [-0.05, 0) is 38.6 Å².